The van der Waals surface area contributed by atoms with E-state index in [1.54, 1.807) is 11.0 Å². The minimum absolute atomic E-state index is 0.00218. The summed E-state index contributed by atoms with van der Waals surface area (Å²) in [7, 11) is 0. The van der Waals surface area contributed by atoms with Crippen molar-refractivity contribution in [3.63, 3.8) is 0 Å². The third-order valence-corrected chi connectivity index (χ3v) is 5.16. The summed E-state index contributed by atoms with van der Waals surface area (Å²) < 4.78 is 0. The molecule has 3 atom stereocenters. The van der Waals surface area contributed by atoms with Crippen LogP contribution in [0.3, 0.4) is 0 Å². The lowest BCUT2D eigenvalue weighted by Gasteiger charge is -2.17. The summed E-state index contributed by atoms with van der Waals surface area (Å²) in [4.78, 5) is 13.9. The van der Waals surface area contributed by atoms with Crippen LogP contribution in [0.4, 0.5) is 0 Å². The van der Waals surface area contributed by atoms with E-state index in [-0.39, 0.29) is 36.1 Å². The highest BCUT2D eigenvalue weighted by Gasteiger charge is 2.46. The van der Waals surface area contributed by atoms with Gasteiger partial charge in [-0.1, -0.05) is 23.2 Å². The number of rotatable bonds is 2. The van der Waals surface area contributed by atoms with Crippen molar-refractivity contribution >= 4 is 29.1 Å². The molecule has 0 aliphatic carbocycles. The summed E-state index contributed by atoms with van der Waals surface area (Å²) in [5.74, 6) is -0.159. The highest BCUT2D eigenvalue weighted by Crippen LogP contribution is 2.46. The zero-order chi connectivity index (χ0) is 14.4. The second kappa shape index (κ2) is 5.10. The van der Waals surface area contributed by atoms with Crippen molar-refractivity contribution in [2.45, 2.75) is 24.8 Å². The predicted octanol–water partition coefficient (Wildman–Crippen LogP) is 2.40. The van der Waals surface area contributed by atoms with E-state index in [4.69, 9.17) is 23.2 Å². The Kier molecular flexibility index (Phi) is 3.56. The van der Waals surface area contributed by atoms with Gasteiger partial charge < -0.3 is 15.1 Å². The molecule has 1 amide bonds. The first-order valence-corrected chi connectivity index (χ1v) is 7.36. The fourth-order valence-corrected chi connectivity index (χ4v) is 3.86. The van der Waals surface area contributed by atoms with Crippen molar-refractivity contribution in [3.8, 4) is 5.75 Å². The van der Waals surface area contributed by atoms with E-state index in [0.29, 0.717) is 28.6 Å². The van der Waals surface area contributed by atoms with Crippen LogP contribution in [0.1, 0.15) is 24.3 Å². The van der Waals surface area contributed by atoms with E-state index in [0.717, 1.165) is 6.42 Å². The Labute approximate surface area is 126 Å². The topological polar surface area (TPSA) is 60.8 Å². The van der Waals surface area contributed by atoms with Crippen LogP contribution in [0, 0.1) is 5.92 Å². The number of carbonyl (C=O) groups is 1. The molecule has 0 aromatic heterocycles. The zero-order valence-electron chi connectivity index (χ0n) is 10.7. The van der Waals surface area contributed by atoms with Crippen molar-refractivity contribution in [1.29, 1.82) is 0 Å². The normalized spacial score (nSPS) is 29.1. The molecular weight excluding hydrogens is 301 g/mol. The highest BCUT2D eigenvalue weighted by atomic mass is 35.5. The Bertz CT molecular complexity index is 564. The minimum Gasteiger partial charge on any atom is -0.508 e. The molecule has 1 aromatic rings. The van der Waals surface area contributed by atoms with Crippen LogP contribution in [-0.4, -0.2) is 40.2 Å². The number of aromatic hydroxyl groups is 1. The molecule has 2 aliphatic rings. The molecule has 2 fully saturated rings. The molecule has 108 valence electrons. The van der Waals surface area contributed by atoms with Gasteiger partial charge in [0.15, 0.2) is 0 Å². The zero-order valence-corrected chi connectivity index (χ0v) is 12.2. The first-order chi connectivity index (χ1) is 9.52. The Hall–Kier alpha value is -0.970. The van der Waals surface area contributed by atoms with Crippen LogP contribution in [-0.2, 0) is 4.79 Å². The highest BCUT2D eigenvalue weighted by molar-refractivity contribution is 6.42. The lowest BCUT2D eigenvalue weighted by Crippen LogP contribution is -2.30. The molecule has 4 nitrogen and oxygen atoms in total. The van der Waals surface area contributed by atoms with Crippen LogP contribution >= 0.6 is 23.2 Å². The van der Waals surface area contributed by atoms with E-state index in [1.165, 1.54) is 6.07 Å². The summed E-state index contributed by atoms with van der Waals surface area (Å²) in [6.07, 6.45) is 1.42. The molecule has 0 bridgehead atoms. The second-order valence-corrected chi connectivity index (χ2v) is 6.27. The van der Waals surface area contributed by atoms with Gasteiger partial charge in [-0.3, -0.25) is 4.79 Å². The predicted molar refractivity (Wildman–Crippen MR) is 76.2 cm³/mol. The van der Waals surface area contributed by atoms with Crippen molar-refractivity contribution < 1.29 is 15.0 Å². The third-order valence-electron chi connectivity index (χ3n) is 4.34. The standard InChI is InChI=1S/C14H15Cl2NO3/c15-10-1-2-11(19)12(13(10)16)7-3-9-4-8(6-18)14(20)17(9)5-7/h1-2,7-9,18-19H,3-6H2/t7-,8?,9-/m0/s1. The minimum atomic E-state index is -0.274. The maximum absolute atomic E-state index is 12.1. The van der Waals surface area contributed by atoms with Crippen molar-refractivity contribution in [2.75, 3.05) is 13.2 Å². The lowest BCUT2D eigenvalue weighted by molar-refractivity contribution is -0.132. The monoisotopic (exact) mass is 315 g/mol. The van der Waals surface area contributed by atoms with Crippen LogP contribution in [0.2, 0.25) is 10.0 Å². The molecule has 2 aliphatic heterocycles. The van der Waals surface area contributed by atoms with E-state index < -0.39 is 0 Å². The lowest BCUT2D eigenvalue weighted by atomic mass is 9.92. The Morgan fingerprint density at radius 2 is 2.05 bits per heavy atom. The summed E-state index contributed by atoms with van der Waals surface area (Å²) in [6, 6.07) is 3.22. The molecule has 1 unspecified atom stereocenters. The van der Waals surface area contributed by atoms with E-state index in [2.05, 4.69) is 0 Å². The van der Waals surface area contributed by atoms with Crippen molar-refractivity contribution in [3.05, 3.63) is 27.7 Å². The average Bonchev–Trinajstić information content (AvgIpc) is 2.94. The number of halogens is 2. The first-order valence-electron chi connectivity index (χ1n) is 6.61. The number of fused-ring (bicyclic) bond motifs is 1. The molecule has 0 spiro atoms. The number of hydrogen-bond acceptors (Lipinski definition) is 3. The van der Waals surface area contributed by atoms with Gasteiger partial charge in [-0.15, -0.1) is 0 Å². The number of aliphatic hydroxyl groups is 1. The SMILES string of the molecule is O=C1C(CO)C[C@@H]2C[C@H](c3c(O)ccc(Cl)c3Cl)CN12. The molecular formula is C14H15Cl2NO3. The molecule has 6 heteroatoms. The molecule has 0 saturated carbocycles. The second-order valence-electron chi connectivity index (χ2n) is 5.49. The van der Waals surface area contributed by atoms with E-state index in [9.17, 15) is 15.0 Å². The maximum atomic E-state index is 12.1. The molecule has 20 heavy (non-hydrogen) atoms. The number of hydrogen-bond donors (Lipinski definition) is 2. The van der Waals surface area contributed by atoms with Gasteiger partial charge in [-0.25, -0.2) is 0 Å². The van der Waals surface area contributed by atoms with Gasteiger partial charge >= 0.3 is 0 Å². The number of carbonyl (C=O) groups excluding carboxylic acids is 1. The molecule has 3 rings (SSSR count). The smallest absolute Gasteiger partial charge is 0.228 e. The molecule has 2 heterocycles. The Balaban J connectivity index is 1.87. The number of aliphatic hydroxyl groups excluding tert-OH is 1. The van der Waals surface area contributed by atoms with Gasteiger partial charge in [-0.2, -0.15) is 0 Å². The van der Waals surface area contributed by atoms with E-state index in [1.807, 2.05) is 0 Å². The summed E-state index contributed by atoms with van der Waals surface area (Å²) >= 11 is 12.2. The molecule has 0 radical (unpaired) electrons. The summed E-state index contributed by atoms with van der Waals surface area (Å²) in [5, 5.41) is 20.0. The summed E-state index contributed by atoms with van der Waals surface area (Å²) in [5.41, 5.74) is 0.627. The van der Waals surface area contributed by atoms with Crippen LogP contribution in [0.5, 0.6) is 5.75 Å². The Morgan fingerprint density at radius 1 is 1.30 bits per heavy atom. The van der Waals surface area contributed by atoms with Gasteiger partial charge in [0.1, 0.15) is 5.75 Å². The van der Waals surface area contributed by atoms with Gasteiger partial charge in [0.25, 0.3) is 0 Å². The maximum Gasteiger partial charge on any atom is 0.228 e. The number of nitrogens with zero attached hydrogens (tertiary/aromatic N) is 1. The van der Waals surface area contributed by atoms with E-state index >= 15 is 0 Å². The van der Waals surface area contributed by atoms with Gasteiger partial charge in [0.05, 0.1) is 22.6 Å². The average molecular weight is 316 g/mol. The fourth-order valence-electron chi connectivity index (χ4n) is 3.38. The van der Waals surface area contributed by atoms with Gasteiger partial charge in [-0.05, 0) is 25.0 Å². The molecule has 2 N–H and O–H groups in total. The number of benzene rings is 1. The molecule has 2 saturated heterocycles. The van der Waals surface area contributed by atoms with Crippen molar-refractivity contribution in [2.24, 2.45) is 5.92 Å². The van der Waals surface area contributed by atoms with Gasteiger partial charge in [0, 0.05) is 24.1 Å². The van der Waals surface area contributed by atoms with Crippen molar-refractivity contribution in [1.82, 2.24) is 4.90 Å². The molecule has 1 aromatic carbocycles. The third kappa shape index (κ3) is 2.07. The Morgan fingerprint density at radius 3 is 2.70 bits per heavy atom. The largest absolute Gasteiger partial charge is 0.508 e. The number of phenolic OH excluding ortho intramolecular Hbond substituents is 1. The fraction of sp³-hybridized carbons (Fsp3) is 0.500. The summed E-state index contributed by atoms with van der Waals surface area (Å²) in [6.45, 7) is 0.424. The van der Waals surface area contributed by atoms with Crippen LogP contribution in [0.25, 0.3) is 0 Å². The quantitative estimate of drug-likeness (QED) is 0.881. The number of amides is 1. The van der Waals surface area contributed by atoms with Crippen LogP contribution in [0.15, 0.2) is 12.1 Å². The number of phenols is 1. The first kappa shape index (κ1) is 14.0. The van der Waals surface area contributed by atoms with Gasteiger partial charge in [0.2, 0.25) is 5.91 Å². The van der Waals surface area contributed by atoms with Crippen LogP contribution < -0.4 is 0 Å².